The maximum atomic E-state index is 12.9. The largest absolute Gasteiger partial charge is 0.394 e. The normalized spacial score (nSPS) is 25.6. The van der Waals surface area contributed by atoms with Gasteiger partial charge in [-0.05, 0) is 57.8 Å². The summed E-state index contributed by atoms with van der Waals surface area (Å²) in [5.74, 6) is -3.01. The van der Waals surface area contributed by atoms with Gasteiger partial charge in [0.15, 0.2) is 18.9 Å². The highest BCUT2D eigenvalue weighted by Gasteiger charge is 2.48. The average molecular weight is 1460 g/mol. The number of carbonyl (C=O) groups is 9. The van der Waals surface area contributed by atoms with Crippen molar-refractivity contribution in [3.63, 3.8) is 0 Å². The van der Waals surface area contributed by atoms with Gasteiger partial charge in [0.25, 0.3) is 0 Å². The molecular weight excluding hydrogens is 1340 g/mol. The monoisotopic (exact) mass is 1460 g/mol. The van der Waals surface area contributed by atoms with Gasteiger partial charge in [-0.15, -0.1) is 0 Å². The first kappa shape index (κ1) is 89.7. The Morgan fingerprint density at radius 1 is 0.356 bits per heavy atom. The van der Waals surface area contributed by atoms with Crippen molar-refractivity contribution in [2.24, 2.45) is 0 Å². The molecule has 0 aromatic rings. The summed E-state index contributed by atoms with van der Waals surface area (Å²) >= 11 is 0. The van der Waals surface area contributed by atoms with Crippen LogP contribution in [-0.4, -0.2) is 321 Å². The molecule has 3 saturated heterocycles. The molecule has 3 aliphatic rings. The predicted octanol–water partition coefficient (Wildman–Crippen LogP) is -6.80. The molecule has 101 heavy (non-hydrogen) atoms. The fraction of sp³-hybridized carbons (Fsp3) is 0.859. The Hall–Kier alpha value is -5.53. The molecular formula is C64H116N10O27. The van der Waals surface area contributed by atoms with E-state index in [1.165, 1.54) is 20.8 Å². The fourth-order valence-corrected chi connectivity index (χ4v) is 10.9. The third-order valence-electron chi connectivity index (χ3n) is 16.1. The predicted molar refractivity (Wildman–Crippen MR) is 355 cm³/mol. The number of aliphatic hydroxyl groups is 9. The lowest BCUT2D eigenvalue weighted by Crippen LogP contribution is -2.64. The van der Waals surface area contributed by atoms with Crippen LogP contribution in [0.3, 0.4) is 0 Å². The Morgan fingerprint density at radius 3 is 0.832 bits per heavy atom. The zero-order valence-corrected chi connectivity index (χ0v) is 58.9. The number of nitrogens with one attached hydrogen (secondary N) is 10. The average Bonchev–Trinajstić information content (AvgIpc) is 0.824. The molecule has 9 amide bonds. The van der Waals surface area contributed by atoms with E-state index in [2.05, 4.69) is 53.2 Å². The second-order valence-corrected chi connectivity index (χ2v) is 25.4. The number of carbonyl (C=O) groups excluding carboxylic acids is 9. The van der Waals surface area contributed by atoms with Crippen LogP contribution in [-0.2, 0) is 85.8 Å². The summed E-state index contributed by atoms with van der Waals surface area (Å²) in [4.78, 5) is 111. The first-order chi connectivity index (χ1) is 48.2. The molecule has 3 aliphatic heterocycles. The Morgan fingerprint density at radius 2 is 0.604 bits per heavy atom. The summed E-state index contributed by atoms with van der Waals surface area (Å²) in [6, 6.07) is -3.36. The second-order valence-electron chi connectivity index (χ2n) is 25.4. The molecule has 584 valence electrons. The number of hydrogen-bond acceptors (Lipinski definition) is 28. The van der Waals surface area contributed by atoms with Crippen LogP contribution in [0.1, 0.15) is 131 Å². The van der Waals surface area contributed by atoms with Crippen LogP contribution in [0.4, 0.5) is 0 Å². The smallest absolute Gasteiger partial charge is 0.222 e. The highest BCUT2D eigenvalue weighted by atomic mass is 16.7. The van der Waals surface area contributed by atoms with Gasteiger partial charge < -0.3 is 142 Å². The molecule has 0 aromatic heterocycles. The Labute approximate surface area is 589 Å². The van der Waals surface area contributed by atoms with Gasteiger partial charge in [0, 0.05) is 124 Å². The quantitative estimate of drug-likeness (QED) is 0.0252. The van der Waals surface area contributed by atoms with Crippen LogP contribution >= 0.6 is 0 Å². The van der Waals surface area contributed by atoms with Crippen LogP contribution in [0.25, 0.3) is 0 Å². The SMILES string of the molecule is CC(=O)NC1C(O)[C@@H](O)C(CO)O[C@H]1OCCCCC(=O)NCCCNC(=O)CCOCC(COCCC(=O)NCCCNC(=O)CCCCO[C@@H]1OC(CO)[C@H](O)C(O)[C@@H]1NC(C)=O)(COCCC(=O)NCCCNC(=O)CCCCO[C@@H]1O[C@H](CO)[C@H](O)C(O)[C@@H]1NC(C)=O)NC(C)C. The molecule has 37 nitrogen and oxygen atoms in total. The summed E-state index contributed by atoms with van der Waals surface area (Å²) in [5.41, 5.74) is -1.02. The van der Waals surface area contributed by atoms with E-state index >= 15 is 0 Å². The van der Waals surface area contributed by atoms with Crippen molar-refractivity contribution in [2.75, 3.05) is 119 Å². The molecule has 0 saturated carbocycles. The molecule has 37 heteroatoms. The lowest BCUT2D eigenvalue weighted by molar-refractivity contribution is -0.270. The minimum Gasteiger partial charge on any atom is -0.394 e. The molecule has 7 unspecified atom stereocenters. The summed E-state index contributed by atoms with van der Waals surface area (Å²) < 4.78 is 51.9. The van der Waals surface area contributed by atoms with E-state index in [1.807, 2.05) is 13.8 Å². The van der Waals surface area contributed by atoms with Gasteiger partial charge >= 0.3 is 0 Å². The number of rotatable bonds is 53. The molecule has 3 heterocycles. The lowest BCUT2D eigenvalue weighted by atomic mass is 9.97. The van der Waals surface area contributed by atoms with Gasteiger partial charge in [-0.1, -0.05) is 13.8 Å². The summed E-state index contributed by atoms with van der Waals surface area (Å²) in [6.45, 7) is 7.73. The minimum atomic E-state index is -1.44. The first-order valence-electron chi connectivity index (χ1n) is 34.9. The van der Waals surface area contributed by atoms with Crippen molar-refractivity contribution < 1.29 is 132 Å². The van der Waals surface area contributed by atoms with Crippen LogP contribution in [0.15, 0.2) is 0 Å². The number of amides is 9. The summed E-state index contributed by atoms with van der Waals surface area (Å²) in [7, 11) is 0. The van der Waals surface area contributed by atoms with Gasteiger partial charge in [-0.25, -0.2) is 0 Å². The second kappa shape index (κ2) is 50.8. The van der Waals surface area contributed by atoms with Crippen molar-refractivity contribution >= 4 is 53.2 Å². The number of aliphatic hydroxyl groups excluding tert-OH is 9. The van der Waals surface area contributed by atoms with Gasteiger partial charge in [0.1, 0.15) is 73.1 Å². The van der Waals surface area contributed by atoms with Gasteiger partial charge in [0.2, 0.25) is 53.2 Å². The Kier molecular flexibility index (Phi) is 45.1. The van der Waals surface area contributed by atoms with Crippen molar-refractivity contribution in [2.45, 2.75) is 234 Å². The van der Waals surface area contributed by atoms with Gasteiger partial charge in [-0.2, -0.15) is 0 Å². The molecule has 0 aromatic carbocycles. The highest BCUT2D eigenvalue weighted by Crippen LogP contribution is 2.26. The van der Waals surface area contributed by atoms with Crippen molar-refractivity contribution in [1.29, 1.82) is 0 Å². The number of ether oxygens (including phenoxy) is 9. The van der Waals surface area contributed by atoms with E-state index in [0.29, 0.717) is 57.8 Å². The topological polar surface area (TPSA) is 539 Å². The van der Waals surface area contributed by atoms with Crippen LogP contribution in [0.2, 0.25) is 0 Å². The molecule has 0 bridgehead atoms. The third kappa shape index (κ3) is 36.2. The lowest BCUT2D eigenvalue weighted by Gasteiger charge is -2.42. The molecule has 3 fully saturated rings. The standard InChI is InChI=1S/C64H116N10O27/c1-39(2)74-64(36-93-30-18-49(84)68-24-12-21-65-46(81)15-6-9-27-96-61-52(71-40(3)78)58(90)55(87)43(33-75)99-61,37-94-31-19-50(85)69-25-13-22-66-47(82)16-7-10-28-97-62-53(72-41(4)79)59(91)56(88)44(34-76)100-62)38-95-32-20-51(86)70-26-14-23-67-48(83)17-8-11-29-98-63-54(73-42(5)80)60(92)57(89)45(35-77)101-63/h39,43-45,52-63,74-77,87-92H,6-38H2,1-5H3,(H,65,81)(H,66,82)(H,67,83)(H,68,84)(H,69,85)(H,70,86)(H,71,78)(H,72,79)(H,73,80)/t43-,44?,45?,52+,53+,54?,55+,56+,57+,58?,59?,60?,61-,62-,63-,64?/m1/s1. The zero-order chi connectivity index (χ0) is 74.7. The maximum absolute atomic E-state index is 12.9. The Balaban J connectivity index is 1.40. The number of unbranched alkanes of at least 4 members (excludes halogenated alkanes) is 3. The molecule has 0 radical (unpaired) electrons. The van der Waals surface area contributed by atoms with Gasteiger partial charge in [0.05, 0.1) is 65.0 Å². The van der Waals surface area contributed by atoms with E-state index in [1.54, 1.807) is 0 Å². The highest BCUT2D eigenvalue weighted by molar-refractivity contribution is 5.78. The molecule has 3 rings (SSSR count). The van der Waals surface area contributed by atoms with E-state index in [9.17, 15) is 89.1 Å². The first-order valence-corrected chi connectivity index (χ1v) is 34.9. The van der Waals surface area contributed by atoms with Crippen molar-refractivity contribution in [1.82, 2.24) is 53.2 Å². The summed E-state index contributed by atoms with van der Waals surface area (Å²) in [6.07, 6.45) is -11.0. The van der Waals surface area contributed by atoms with Crippen LogP contribution in [0.5, 0.6) is 0 Å². The maximum Gasteiger partial charge on any atom is 0.222 e. The molecule has 19 N–H and O–H groups in total. The van der Waals surface area contributed by atoms with E-state index in [-0.39, 0.29) is 179 Å². The third-order valence-corrected chi connectivity index (χ3v) is 16.1. The minimum absolute atomic E-state index is 0.00518. The van der Waals surface area contributed by atoms with Crippen LogP contribution in [0, 0.1) is 0 Å². The van der Waals surface area contributed by atoms with E-state index < -0.39 is 135 Å². The van der Waals surface area contributed by atoms with Crippen molar-refractivity contribution in [3.8, 4) is 0 Å². The van der Waals surface area contributed by atoms with E-state index in [0.717, 1.165) is 0 Å². The van der Waals surface area contributed by atoms with E-state index in [4.69, 9.17) is 42.6 Å². The summed E-state index contributed by atoms with van der Waals surface area (Å²) in [5, 5.41) is 118. The number of hydrogen-bond donors (Lipinski definition) is 19. The van der Waals surface area contributed by atoms with Crippen molar-refractivity contribution in [3.05, 3.63) is 0 Å². The molecule has 0 spiro atoms. The van der Waals surface area contributed by atoms with Gasteiger partial charge in [-0.3, -0.25) is 43.2 Å². The Bertz CT molecular complexity index is 2180. The zero-order valence-electron chi connectivity index (χ0n) is 58.9. The van der Waals surface area contributed by atoms with Crippen LogP contribution < -0.4 is 53.2 Å². The molecule has 0 aliphatic carbocycles. The molecule has 16 atom stereocenters. The fourth-order valence-electron chi connectivity index (χ4n) is 10.9.